The number of anilines is 2. The molecule has 10 heteroatoms. The highest BCUT2D eigenvalue weighted by Crippen LogP contribution is 2.29. The van der Waals surface area contributed by atoms with E-state index in [-0.39, 0.29) is 37.1 Å². The topological polar surface area (TPSA) is 130 Å². The molecule has 2 aromatic heterocycles. The zero-order valence-electron chi connectivity index (χ0n) is 16.6. The van der Waals surface area contributed by atoms with E-state index in [0.717, 1.165) is 5.56 Å². The predicted molar refractivity (Wildman–Crippen MR) is 111 cm³/mol. The van der Waals surface area contributed by atoms with Crippen LogP contribution in [0.3, 0.4) is 0 Å². The van der Waals surface area contributed by atoms with Crippen LogP contribution in [-0.2, 0) is 20.8 Å². The Kier molecular flexibility index (Phi) is 5.97. The number of rotatable bonds is 7. The van der Waals surface area contributed by atoms with E-state index in [2.05, 4.69) is 25.8 Å². The highest BCUT2D eigenvalue weighted by Gasteiger charge is 2.26. The van der Waals surface area contributed by atoms with Crippen molar-refractivity contribution < 1.29 is 18.9 Å². The van der Waals surface area contributed by atoms with Gasteiger partial charge in [-0.1, -0.05) is 17.3 Å². The SMILES string of the molecule is O=C(CCC(=O)N1CC(=O)Nc2ccccc21)NCCc1noc(-c2ccncc2)n1. The first-order chi connectivity index (χ1) is 15.1. The van der Waals surface area contributed by atoms with Crippen LogP contribution in [0.15, 0.2) is 53.3 Å². The molecule has 3 heterocycles. The van der Waals surface area contributed by atoms with Crippen LogP contribution in [0.25, 0.3) is 11.5 Å². The molecule has 10 nitrogen and oxygen atoms in total. The fourth-order valence-corrected chi connectivity index (χ4v) is 3.18. The number of fused-ring (bicyclic) bond motifs is 1. The number of pyridine rings is 1. The maximum absolute atomic E-state index is 12.6. The lowest BCUT2D eigenvalue weighted by Crippen LogP contribution is -2.42. The normalized spacial score (nSPS) is 12.8. The maximum Gasteiger partial charge on any atom is 0.258 e. The monoisotopic (exact) mass is 420 g/mol. The first kappa shape index (κ1) is 20.2. The molecule has 1 aromatic carbocycles. The lowest BCUT2D eigenvalue weighted by atomic mass is 10.1. The number of nitrogens with zero attached hydrogens (tertiary/aromatic N) is 4. The Hall–Kier alpha value is -4.08. The Morgan fingerprint density at radius 2 is 1.94 bits per heavy atom. The number of aromatic nitrogens is 3. The molecule has 3 aromatic rings. The minimum atomic E-state index is -0.280. The number of amides is 3. The van der Waals surface area contributed by atoms with Gasteiger partial charge in [0.2, 0.25) is 17.7 Å². The van der Waals surface area contributed by atoms with Crippen molar-refractivity contribution in [2.45, 2.75) is 19.3 Å². The van der Waals surface area contributed by atoms with Crippen molar-refractivity contribution in [1.29, 1.82) is 0 Å². The van der Waals surface area contributed by atoms with Gasteiger partial charge in [-0.15, -0.1) is 0 Å². The summed E-state index contributed by atoms with van der Waals surface area (Å²) in [6.45, 7) is 0.256. The summed E-state index contributed by atoms with van der Waals surface area (Å²) in [6.07, 6.45) is 3.69. The summed E-state index contributed by atoms with van der Waals surface area (Å²) >= 11 is 0. The lowest BCUT2D eigenvalue weighted by molar-refractivity contribution is -0.125. The van der Waals surface area contributed by atoms with Gasteiger partial charge in [-0.3, -0.25) is 19.4 Å². The molecular weight excluding hydrogens is 400 g/mol. The molecule has 3 amide bonds. The number of hydrogen-bond acceptors (Lipinski definition) is 7. The highest BCUT2D eigenvalue weighted by atomic mass is 16.5. The number of benzene rings is 1. The van der Waals surface area contributed by atoms with Crippen LogP contribution < -0.4 is 15.5 Å². The molecule has 31 heavy (non-hydrogen) atoms. The molecule has 0 unspecified atom stereocenters. The zero-order chi connectivity index (χ0) is 21.6. The standard InChI is InChI=1S/C21H20N6O4/c28-18(23-12-9-17-25-21(31-26-17)14-7-10-22-11-8-14)5-6-20(30)27-13-19(29)24-15-3-1-2-4-16(15)27/h1-4,7-8,10-11H,5-6,9,12-13H2,(H,23,28)(H,24,29). The van der Waals surface area contributed by atoms with Gasteiger partial charge < -0.3 is 20.1 Å². The molecule has 0 aliphatic carbocycles. The molecule has 0 fully saturated rings. The van der Waals surface area contributed by atoms with E-state index >= 15 is 0 Å². The number of para-hydroxylation sites is 2. The molecule has 0 saturated carbocycles. The van der Waals surface area contributed by atoms with Crippen LogP contribution in [0, 0.1) is 0 Å². The summed E-state index contributed by atoms with van der Waals surface area (Å²) in [5.41, 5.74) is 1.99. The quantitative estimate of drug-likeness (QED) is 0.593. The second-order valence-corrected chi connectivity index (χ2v) is 6.90. The summed E-state index contributed by atoms with van der Waals surface area (Å²) in [5, 5.41) is 9.37. The van der Waals surface area contributed by atoms with E-state index in [0.29, 0.717) is 36.1 Å². The summed E-state index contributed by atoms with van der Waals surface area (Å²) in [7, 11) is 0. The van der Waals surface area contributed by atoms with Gasteiger partial charge in [-0.25, -0.2) is 0 Å². The van der Waals surface area contributed by atoms with Crippen molar-refractivity contribution in [2.75, 3.05) is 23.3 Å². The van der Waals surface area contributed by atoms with E-state index in [1.54, 1.807) is 48.8 Å². The predicted octanol–water partition coefficient (Wildman–Crippen LogP) is 1.56. The largest absolute Gasteiger partial charge is 0.356 e. The molecule has 0 saturated heterocycles. The van der Waals surface area contributed by atoms with Crippen LogP contribution in [-0.4, -0.2) is 45.9 Å². The third kappa shape index (κ3) is 4.92. The van der Waals surface area contributed by atoms with Gasteiger partial charge in [0.1, 0.15) is 6.54 Å². The number of nitrogens with one attached hydrogen (secondary N) is 2. The lowest BCUT2D eigenvalue weighted by Gasteiger charge is -2.29. The van der Waals surface area contributed by atoms with Crippen molar-refractivity contribution in [3.63, 3.8) is 0 Å². The van der Waals surface area contributed by atoms with Gasteiger partial charge in [-0.05, 0) is 24.3 Å². The molecule has 1 aliphatic rings. The molecule has 0 atom stereocenters. The number of carbonyl (C=O) groups excluding carboxylic acids is 3. The Balaban J connectivity index is 1.23. The van der Waals surface area contributed by atoms with Gasteiger partial charge in [-0.2, -0.15) is 4.98 Å². The van der Waals surface area contributed by atoms with Crippen LogP contribution in [0.4, 0.5) is 11.4 Å². The highest BCUT2D eigenvalue weighted by molar-refractivity contribution is 6.10. The van der Waals surface area contributed by atoms with Gasteiger partial charge in [0, 0.05) is 43.8 Å². The van der Waals surface area contributed by atoms with E-state index < -0.39 is 0 Å². The third-order valence-corrected chi connectivity index (χ3v) is 4.70. The molecule has 0 bridgehead atoms. The average Bonchev–Trinajstić information content (AvgIpc) is 3.26. The Bertz CT molecular complexity index is 1100. The molecule has 0 radical (unpaired) electrons. The minimum absolute atomic E-state index is 0.00183. The fourth-order valence-electron chi connectivity index (χ4n) is 3.18. The molecule has 158 valence electrons. The first-order valence-corrected chi connectivity index (χ1v) is 9.79. The molecule has 0 spiro atoms. The molecule has 1 aliphatic heterocycles. The van der Waals surface area contributed by atoms with Gasteiger partial charge in [0.05, 0.1) is 11.4 Å². The van der Waals surface area contributed by atoms with E-state index in [4.69, 9.17) is 4.52 Å². The Morgan fingerprint density at radius 3 is 2.77 bits per heavy atom. The second-order valence-electron chi connectivity index (χ2n) is 6.90. The number of hydrogen-bond donors (Lipinski definition) is 2. The molecule has 4 rings (SSSR count). The summed E-state index contributed by atoms with van der Waals surface area (Å²) in [5.74, 6) is 0.0561. The average molecular weight is 420 g/mol. The summed E-state index contributed by atoms with van der Waals surface area (Å²) in [4.78, 5) is 46.2. The summed E-state index contributed by atoms with van der Waals surface area (Å²) < 4.78 is 5.21. The van der Waals surface area contributed by atoms with Gasteiger partial charge in [0.25, 0.3) is 5.89 Å². The van der Waals surface area contributed by atoms with Crippen LogP contribution in [0.1, 0.15) is 18.7 Å². The third-order valence-electron chi connectivity index (χ3n) is 4.70. The second kappa shape index (κ2) is 9.16. The van der Waals surface area contributed by atoms with Crippen LogP contribution >= 0.6 is 0 Å². The van der Waals surface area contributed by atoms with Crippen LogP contribution in [0.2, 0.25) is 0 Å². The van der Waals surface area contributed by atoms with E-state index in [1.165, 1.54) is 4.90 Å². The van der Waals surface area contributed by atoms with Crippen molar-refractivity contribution in [3.8, 4) is 11.5 Å². The van der Waals surface area contributed by atoms with Gasteiger partial charge in [0.15, 0.2) is 5.82 Å². The van der Waals surface area contributed by atoms with E-state index in [1.807, 2.05) is 0 Å². The van der Waals surface area contributed by atoms with Crippen molar-refractivity contribution >= 4 is 29.1 Å². The fraction of sp³-hybridized carbons (Fsp3) is 0.238. The number of carbonyl (C=O) groups is 3. The zero-order valence-corrected chi connectivity index (χ0v) is 16.6. The van der Waals surface area contributed by atoms with Crippen LogP contribution in [0.5, 0.6) is 0 Å². The maximum atomic E-state index is 12.6. The Labute approximate surface area is 177 Å². The van der Waals surface area contributed by atoms with Crippen molar-refractivity contribution in [3.05, 3.63) is 54.6 Å². The van der Waals surface area contributed by atoms with Crippen molar-refractivity contribution in [1.82, 2.24) is 20.4 Å². The van der Waals surface area contributed by atoms with Gasteiger partial charge >= 0.3 is 0 Å². The first-order valence-electron chi connectivity index (χ1n) is 9.79. The summed E-state index contributed by atoms with van der Waals surface area (Å²) in [6, 6.07) is 10.6. The molecule has 2 N–H and O–H groups in total. The smallest absolute Gasteiger partial charge is 0.258 e. The minimum Gasteiger partial charge on any atom is -0.356 e. The molecular formula is C21H20N6O4. The Morgan fingerprint density at radius 1 is 1.13 bits per heavy atom. The van der Waals surface area contributed by atoms with E-state index in [9.17, 15) is 14.4 Å². The van der Waals surface area contributed by atoms with Crippen molar-refractivity contribution in [2.24, 2.45) is 0 Å².